The molecule has 1 aromatic heterocycles. The Morgan fingerprint density at radius 2 is 1.67 bits per heavy atom. The Labute approximate surface area is 193 Å². The number of amides is 2. The minimum Gasteiger partial charge on any atom is -0.468 e. The fourth-order valence-corrected chi connectivity index (χ4v) is 4.36. The zero-order chi connectivity index (χ0) is 24.2. The summed E-state index contributed by atoms with van der Waals surface area (Å²) in [4.78, 5) is 26.8. The van der Waals surface area contributed by atoms with Crippen LogP contribution in [0.1, 0.15) is 32.8 Å². The van der Waals surface area contributed by atoms with Gasteiger partial charge in [-0.25, -0.2) is 13.1 Å². The van der Waals surface area contributed by atoms with Crippen molar-refractivity contribution in [3.05, 3.63) is 82.8 Å². The van der Waals surface area contributed by atoms with Crippen LogP contribution in [0.3, 0.4) is 0 Å². The van der Waals surface area contributed by atoms with Crippen LogP contribution in [0.2, 0.25) is 0 Å². The first kappa shape index (κ1) is 24.2. The Balaban J connectivity index is 1.72. The predicted octanol–water partition coefficient (Wildman–Crippen LogP) is 3.39. The fraction of sp³-hybridized carbons (Fsp3) is 0.250. The maximum absolute atomic E-state index is 13.0. The molecule has 1 heterocycles. The maximum Gasteiger partial charge on any atom is 0.254 e. The van der Waals surface area contributed by atoms with E-state index in [2.05, 4.69) is 10.0 Å². The highest BCUT2D eigenvalue weighted by Gasteiger charge is 2.22. The van der Waals surface area contributed by atoms with Gasteiger partial charge in [0.1, 0.15) is 5.76 Å². The molecule has 2 N–H and O–H groups in total. The molecule has 0 radical (unpaired) electrons. The molecule has 0 spiro atoms. The molecule has 0 atom stereocenters. The molecule has 8 nitrogen and oxygen atoms in total. The van der Waals surface area contributed by atoms with Gasteiger partial charge >= 0.3 is 0 Å². The summed E-state index contributed by atoms with van der Waals surface area (Å²) in [6.07, 6.45) is 1.46. The molecular weight excluding hydrogens is 442 g/mol. The number of nitrogens with zero attached hydrogens (tertiary/aromatic N) is 1. The first-order valence-electron chi connectivity index (χ1n) is 10.3. The van der Waals surface area contributed by atoms with Gasteiger partial charge < -0.3 is 14.6 Å². The minimum atomic E-state index is -3.87. The van der Waals surface area contributed by atoms with Crippen molar-refractivity contribution in [1.82, 2.24) is 9.62 Å². The van der Waals surface area contributed by atoms with Crippen LogP contribution in [-0.2, 0) is 21.4 Å². The molecule has 3 rings (SSSR count). The average molecular weight is 470 g/mol. The van der Waals surface area contributed by atoms with Crippen molar-refractivity contribution in [1.29, 1.82) is 0 Å². The van der Waals surface area contributed by atoms with Gasteiger partial charge in [-0.15, -0.1) is 0 Å². The van der Waals surface area contributed by atoms with E-state index in [0.29, 0.717) is 11.3 Å². The highest BCUT2D eigenvalue weighted by molar-refractivity contribution is 7.89. The molecule has 0 aliphatic carbocycles. The lowest BCUT2D eigenvalue weighted by atomic mass is 10.1. The second-order valence-electron chi connectivity index (χ2n) is 7.86. The smallest absolute Gasteiger partial charge is 0.254 e. The number of anilines is 1. The lowest BCUT2D eigenvalue weighted by molar-refractivity contribution is -0.116. The number of para-hydroxylation sites is 1. The largest absolute Gasteiger partial charge is 0.468 e. The van der Waals surface area contributed by atoms with Crippen LogP contribution in [0.15, 0.2) is 64.1 Å². The zero-order valence-corrected chi connectivity index (χ0v) is 19.8. The molecule has 2 aromatic carbocycles. The number of carbonyl (C=O) groups is 2. The van der Waals surface area contributed by atoms with Crippen molar-refractivity contribution >= 4 is 27.5 Å². The number of carbonyl (C=O) groups excluding carboxylic acids is 2. The van der Waals surface area contributed by atoms with Gasteiger partial charge in [0, 0.05) is 18.3 Å². The molecule has 0 aliphatic heterocycles. The van der Waals surface area contributed by atoms with Crippen LogP contribution in [0.5, 0.6) is 0 Å². The normalized spacial score (nSPS) is 11.3. The third-order valence-corrected chi connectivity index (χ3v) is 6.64. The van der Waals surface area contributed by atoms with Crippen LogP contribution in [0.4, 0.5) is 5.69 Å². The molecule has 9 heteroatoms. The Bertz CT molecular complexity index is 1250. The van der Waals surface area contributed by atoms with E-state index in [4.69, 9.17) is 4.42 Å². The van der Waals surface area contributed by atoms with E-state index in [1.807, 2.05) is 32.0 Å². The Morgan fingerprint density at radius 1 is 0.970 bits per heavy atom. The topological polar surface area (TPSA) is 109 Å². The number of sulfonamides is 1. The summed E-state index contributed by atoms with van der Waals surface area (Å²) in [5, 5.41) is 2.85. The van der Waals surface area contributed by atoms with E-state index in [9.17, 15) is 18.0 Å². The van der Waals surface area contributed by atoms with Gasteiger partial charge in [0.05, 0.1) is 24.2 Å². The van der Waals surface area contributed by atoms with Gasteiger partial charge in [0.15, 0.2) is 0 Å². The molecule has 2 amide bonds. The van der Waals surface area contributed by atoms with Gasteiger partial charge in [-0.05, 0) is 61.7 Å². The number of aryl methyl sites for hydroxylation is 3. The minimum absolute atomic E-state index is 0.00904. The van der Waals surface area contributed by atoms with Crippen LogP contribution >= 0.6 is 0 Å². The number of nitrogens with one attached hydrogen (secondary N) is 2. The highest BCUT2D eigenvalue weighted by atomic mass is 32.2. The summed E-state index contributed by atoms with van der Waals surface area (Å²) in [5.74, 6) is -0.325. The number of benzene rings is 2. The van der Waals surface area contributed by atoms with E-state index in [0.717, 1.165) is 16.8 Å². The van der Waals surface area contributed by atoms with Gasteiger partial charge in [0.2, 0.25) is 15.9 Å². The van der Waals surface area contributed by atoms with Crippen LogP contribution < -0.4 is 10.0 Å². The average Bonchev–Trinajstić information content (AvgIpc) is 3.28. The van der Waals surface area contributed by atoms with E-state index >= 15 is 0 Å². The van der Waals surface area contributed by atoms with Crippen molar-refractivity contribution in [3.63, 3.8) is 0 Å². The maximum atomic E-state index is 13.0. The van der Waals surface area contributed by atoms with Gasteiger partial charge in [0.25, 0.3) is 5.91 Å². The molecule has 0 fully saturated rings. The van der Waals surface area contributed by atoms with Crippen molar-refractivity contribution in [2.75, 3.05) is 18.9 Å². The molecular formula is C24H27N3O5S. The molecule has 0 unspecified atom stereocenters. The zero-order valence-electron chi connectivity index (χ0n) is 19.0. The number of hydrogen-bond acceptors (Lipinski definition) is 5. The molecule has 174 valence electrons. The quantitative estimate of drug-likeness (QED) is 0.526. The molecule has 0 saturated heterocycles. The third kappa shape index (κ3) is 5.88. The van der Waals surface area contributed by atoms with Crippen molar-refractivity contribution in [3.8, 4) is 0 Å². The van der Waals surface area contributed by atoms with Crippen molar-refractivity contribution in [2.24, 2.45) is 0 Å². The van der Waals surface area contributed by atoms with E-state index in [1.54, 1.807) is 25.1 Å². The summed E-state index contributed by atoms with van der Waals surface area (Å²) >= 11 is 0. The van der Waals surface area contributed by atoms with Gasteiger partial charge in [-0.1, -0.05) is 24.3 Å². The summed E-state index contributed by atoms with van der Waals surface area (Å²) in [6, 6.07) is 13.3. The number of likely N-dealkylation sites (N-methyl/N-ethyl adjacent to an activating group) is 1. The summed E-state index contributed by atoms with van der Waals surface area (Å²) in [5.41, 5.74) is 3.38. The van der Waals surface area contributed by atoms with Gasteiger partial charge in [-0.3, -0.25) is 9.59 Å². The Kier molecular flexibility index (Phi) is 7.35. The third-order valence-electron chi connectivity index (χ3n) is 5.24. The second-order valence-corrected chi connectivity index (χ2v) is 9.62. The summed E-state index contributed by atoms with van der Waals surface area (Å²) < 4.78 is 33.0. The molecule has 0 bridgehead atoms. The number of hydrogen-bond donors (Lipinski definition) is 2. The van der Waals surface area contributed by atoms with Crippen LogP contribution in [0.25, 0.3) is 0 Å². The number of rotatable bonds is 8. The van der Waals surface area contributed by atoms with E-state index < -0.39 is 15.9 Å². The van der Waals surface area contributed by atoms with E-state index in [1.165, 1.54) is 30.3 Å². The molecule has 0 aliphatic rings. The van der Waals surface area contributed by atoms with E-state index in [-0.39, 0.29) is 29.5 Å². The summed E-state index contributed by atoms with van der Waals surface area (Å²) in [6.45, 7) is 5.31. The Hall–Kier alpha value is -3.43. The highest BCUT2D eigenvalue weighted by Crippen LogP contribution is 2.20. The number of furan rings is 1. The molecule has 3 aromatic rings. The lowest BCUT2D eigenvalue weighted by Crippen LogP contribution is -2.35. The van der Waals surface area contributed by atoms with Crippen LogP contribution in [-0.4, -0.2) is 38.7 Å². The Morgan fingerprint density at radius 3 is 2.30 bits per heavy atom. The summed E-state index contributed by atoms with van der Waals surface area (Å²) in [7, 11) is -2.37. The monoisotopic (exact) mass is 469 g/mol. The van der Waals surface area contributed by atoms with Gasteiger partial charge in [-0.2, -0.15) is 0 Å². The van der Waals surface area contributed by atoms with Crippen molar-refractivity contribution < 1.29 is 22.4 Å². The fourth-order valence-electron chi connectivity index (χ4n) is 3.34. The van der Waals surface area contributed by atoms with Crippen molar-refractivity contribution in [2.45, 2.75) is 32.2 Å². The first-order valence-corrected chi connectivity index (χ1v) is 11.8. The predicted molar refractivity (Wildman–Crippen MR) is 125 cm³/mol. The SMILES string of the molecule is Cc1ccc(S(=O)(=O)NCc2ccco2)cc1C(=O)N(C)CC(=O)Nc1c(C)cccc1C. The molecule has 33 heavy (non-hydrogen) atoms. The first-order chi connectivity index (χ1) is 15.6. The standard InChI is InChI=1S/C24H27N3O5S/c1-16-10-11-20(33(30,31)25-14-19-9-6-12-32-19)13-21(16)24(29)27(4)15-22(28)26-23-17(2)7-5-8-18(23)3/h5-13,25H,14-15H2,1-4H3,(H,26,28). The second kappa shape index (κ2) is 10.0. The molecule has 0 saturated carbocycles. The van der Waals surface area contributed by atoms with Crippen LogP contribution in [0, 0.1) is 20.8 Å². The lowest BCUT2D eigenvalue weighted by Gasteiger charge is -2.19.